The molecule has 0 spiro atoms. The summed E-state index contributed by atoms with van der Waals surface area (Å²) in [5.41, 5.74) is 1.08. The Morgan fingerprint density at radius 3 is 1.97 bits per heavy atom. The quantitative estimate of drug-likeness (QED) is 0.189. The van der Waals surface area contributed by atoms with E-state index in [0.29, 0.717) is 17.7 Å². The SMILES string of the molecule is C=CC1OCC(c2ccc(-c3ccc(-c4ccc(OCCCC)c(F)c4F)cc3)c(F)c2F)CO1. The molecule has 1 heterocycles. The lowest BCUT2D eigenvalue weighted by Crippen LogP contribution is -2.30. The van der Waals surface area contributed by atoms with Gasteiger partial charge in [-0.3, -0.25) is 0 Å². The third-order valence-electron chi connectivity index (χ3n) is 5.98. The van der Waals surface area contributed by atoms with E-state index in [1.54, 1.807) is 0 Å². The number of hydrogen-bond donors (Lipinski definition) is 0. The van der Waals surface area contributed by atoms with Crippen LogP contribution in [-0.4, -0.2) is 26.1 Å². The first kappa shape index (κ1) is 24.9. The molecule has 4 rings (SSSR count). The van der Waals surface area contributed by atoms with Crippen LogP contribution in [0.2, 0.25) is 0 Å². The van der Waals surface area contributed by atoms with Crippen molar-refractivity contribution in [3.8, 4) is 28.0 Å². The highest BCUT2D eigenvalue weighted by Crippen LogP contribution is 2.34. The fraction of sp³-hybridized carbons (Fsp3) is 0.286. The van der Waals surface area contributed by atoms with Crippen molar-refractivity contribution in [3.63, 3.8) is 0 Å². The number of rotatable bonds is 8. The zero-order chi connectivity index (χ0) is 24.9. The van der Waals surface area contributed by atoms with Crippen molar-refractivity contribution in [1.82, 2.24) is 0 Å². The number of ether oxygens (including phenoxy) is 3. The van der Waals surface area contributed by atoms with Gasteiger partial charge >= 0.3 is 0 Å². The molecule has 35 heavy (non-hydrogen) atoms. The molecule has 0 aliphatic carbocycles. The van der Waals surface area contributed by atoms with E-state index in [1.165, 1.54) is 54.6 Å². The Labute approximate surface area is 202 Å². The first-order chi connectivity index (χ1) is 16.9. The Morgan fingerprint density at radius 1 is 0.829 bits per heavy atom. The second-order valence-corrected chi connectivity index (χ2v) is 8.32. The van der Waals surface area contributed by atoms with Crippen molar-refractivity contribution >= 4 is 0 Å². The molecule has 0 N–H and O–H groups in total. The van der Waals surface area contributed by atoms with E-state index < -0.39 is 35.5 Å². The van der Waals surface area contributed by atoms with Crippen molar-refractivity contribution < 1.29 is 31.8 Å². The zero-order valence-corrected chi connectivity index (χ0v) is 19.3. The number of halogens is 4. The molecule has 3 aromatic rings. The zero-order valence-electron chi connectivity index (χ0n) is 19.3. The molecule has 0 saturated carbocycles. The highest BCUT2D eigenvalue weighted by Gasteiger charge is 2.26. The summed E-state index contributed by atoms with van der Waals surface area (Å²) in [5.74, 6) is -4.61. The third kappa shape index (κ3) is 5.26. The highest BCUT2D eigenvalue weighted by molar-refractivity contribution is 5.71. The summed E-state index contributed by atoms with van der Waals surface area (Å²) in [7, 11) is 0. The molecule has 0 amide bonds. The van der Waals surface area contributed by atoms with Gasteiger partial charge in [-0.2, -0.15) is 4.39 Å². The van der Waals surface area contributed by atoms with Gasteiger partial charge in [0.2, 0.25) is 5.82 Å². The molecular weight excluding hydrogens is 460 g/mol. The summed E-state index contributed by atoms with van der Waals surface area (Å²) >= 11 is 0. The maximum absolute atomic E-state index is 15.0. The summed E-state index contributed by atoms with van der Waals surface area (Å²) in [6, 6.07) is 12.0. The standard InChI is InChI=1S/C28H26F4O3/c1-3-5-14-33-23-13-12-21(27(31)28(23)32)18-8-6-17(7-9-18)20-10-11-22(26(30)25(20)29)19-15-34-24(4-2)35-16-19/h4,6-13,19,24H,2-3,5,14-16H2,1H3. The lowest BCUT2D eigenvalue weighted by atomic mass is 9.94. The van der Waals surface area contributed by atoms with Crippen LogP contribution in [0.25, 0.3) is 22.3 Å². The van der Waals surface area contributed by atoms with Gasteiger partial charge in [-0.05, 0) is 41.3 Å². The molecule has 0 aromatic heterocycles. The van der Waals surface area contributed by atoms with Gasteiger partial charge in [-0.25, -0.2) is 13.2 Å². The predicted molar refractivity (Wildman–Crippen MR) is 126 cm³/mol. The molecule has 0 radical (unpaired) electrons. The summed E-state index contributed by atoms with van der Waals surface area (Å²) in [6.45, 7) is 6.23. The van der Waals surface area contributed by atoms with Gasteiger partial charge in [0.1, 0.15) is 0 Å². The van der Waals surface area contributed by atoms with Crippen LogP contribution in [0.4, 0.5) is 17.6 Å². The van der Waals surface area contributed by atoms with Crippen LogP contribution in [0.15, 0.2) is 61.2 Å². The topological polar surface area (TPSA) is 27.7 Å². The van der Waals surface area contributed by atoms with E-state index in [4.69, 9.17) is 14.2 Å². The molecule has 1 aliphatic rings. The van der Waals surface area contributed by atoms with Crippen molar-refractivity contribution in [2.45, 2.75) is 32.0 Å². The fourth-order valence-corrected chi connectivity index (χ4v) is 3.96. The second-order valence-electron chi connectivity index (χ2n) is 8.32. The van der Waals surface area contributed by atoms with E-state index in [9.17, 15) is 17.6 Å². The highest BCUT2D eigenvalue weighted by atomic mass is 19.2. The maximum atomic E-state index is 15.0. The average Bonchev–Trinajstić information content (AvgIpc) is 2.89. The molecule has 1 aliphatic heterocycles. The molecule has 0 unspecified atom stereocenters. The van der Waals surface area contributed by atoms with Gasteiger partial charge in [0.25, 0.3) is 0 Å². The maximum Gasteiger partial charge on any atom is 0.201 e. The van der Waals surface area contributed by atoms with E-state index in [2.05, 4.69) is 6.58 Å². The third-order valence-corrected chi connectivity index (χ3v) is 5.98. The first-order valence-corrected chi connectivity index (χ1v) is 11.5. The number of unbranched alkanes of at least 4 members (excludes halogenated alkanes) is 1. The molecule has 1 saturated heterocycles. The van der Waals surface area contributed by atoms with Crippen LogP contribution in [0, 0.1) is 23.3 Å². The van der Waals surface area contributed by atoms with Gasteiger partial charge in [-0.1, -0.05) is 56.3 Å². The van der Waals surface area contributed by atoms with Gasteiger partial charge in [0.05, 0.1) is 19.8 Å². The normalized spacial score (nSPS) is 17.9. The Kier molecular flexibility index (Phi) is 7.88. The molecule has 184 valence electrons. The average molecular weight is 487 g/mol. The molecule has 1 fully saturated rings. The summed E-state index contributed by atoms with van der Waals surface area (Å²) in [5, 5.41) is 0. The monoisotopic (exact) mass is 486 g/mol. The number of hydrogen-bond acceptors (Lipinski definition) is 3. The van der Waals surface area contributed by atoms with Crippen LogP contribution in [0.3, 0.4) is 0 Å². The van der Waals surface area contributed by atoms with Crippen molar-refractivity contribution in [2.75, 3.05) is 19.8 Å². The van der Waals surface area contributed by atoms with E-state index in [1.807, 2.05) is 6.92 Å². The Bertz CT molecular complexity index is 1190. The molecule has 3 aromatic carbocycles. The van der Waals surface area contributed by atoms with Gasteiger partial charge in [-0.15, -0.1) is 0 Å². The van der Waals surface area contributed by atoms with Crippen LogP contribution < -0.4 is 4.74 Å². The number of benzene rings is 3. The summed E-state index contributed by atoms with van der Waals surface area (Å²) in [4.78, 5) is 0. The summed E-state index contributed by atoms with van der Waals surface area (Å²) in [6.07, 6.45) is 2.55. The van der Waals surface area contributed by atoms with Crippen LogP contribution in [-0.2, 0) is 9.47 Å². The minimum absolute atomic E-state index is 0.0500. The van der Waals surface area contributed by atoms with Crippen molar-refractivity contribution in [3.05, 3.63) is 90.0 Å². The van der Waals surface area contributed by atoms with E-state index in [-0.39, 0.29) is 35.7 Å². The first-order valence-electron chi connectivity index (χ1n) is 11.5. The van der Waals surface area contributed by atoms with Gasteiger partial charge < -0.3 is 14.2 Å². The predicted octanol–water partition coefficient (Wildman–Crippen LogP) is 7.40. The second kappa shape index (κ2) is 11.1. The molecular formula is C28H26F4O3. The minimum atomic E-state index is -1.05. The van der Waals surface area contributed by atoms with E-state index in [0.717, 1.165) is 12.8 Å². The lowest BCUT2D eigenvalue weighted by molar-refractivity contribution is -0.159. The molecule has 0 bridgehead atoms. The van der Waals surface area contributed by atoms with Crippen LogP contribution >= 0.6 is 0 Å². The molecule has 7 heteroatoms. The van der Waals surface area contributed by atoms with Gasteiger partial charge in [0, 0.05) is 17.0 Å². The Morgan fingerprint density at radius 2 is 1.40 bits per heavy atom. The van der Waals surface area contributed by atoms with E-state index >= 15 is 0 Å². The van der Waals surface area contributed by atoms with Gasteiger partial charge in [0.15, 0.2) is 29.5 Å². The van der Waals surface area contributed by atoms with Crippen molar-refractivity contribution in [1.29, 1.82) is 0 Å². The largest absolute Gasteiger partial charge is 0.490 e. The summed E-state index contributed by atoms with van der Waals surface area (Å²) < 4.78 is 75.1. The minimum Gasteiger partial charge on any atom is -0.490 e. The Hall–Kier alpha value is -3.16. The lowest BCUT2D eigenvalue weighted by Gasteiger charge is -2.28. The van der Waals surface area contributed by atoms with Crippen LogP contribution in [0.1, 0.15) is 31.2 Å². The van der Waals surface area contributed by atoms with Crippen molar-refractivity contribution in [2.24, 2.45) is 0 Å². The smallest absolute Gasteiger partial charge is 0.201 e. The molecule has 3 nitrogen and oxygen atoms in total. The molecule has 0 atom stereocenters. The van der Waals surface area contributed by atoms with Crippen LogP contribution in [0.5, 0.6) is 5.75 Å². The fourth-order valence-electron chi connectivity index (χ4n) is 3.96. The Balaban J connectivity index is 1.55.